The summed E-state index contributed by atoms with van der Waals surface area (Å²) >= 11 is 5.82. The van der Waals surface area contributed by atoms with Crippen LogP contribution in [0.4, 0.5) is 0 Å². The Labute approximate surface area is 129 Å². The van der Waals surface area contributed by atoms with Crippen molar-refractivity contribution in [2.75, 3.05) is 13.7 Å². The molecule has 0 aliphatic carbocycles. The van der Waals surface area contributed by atoms with Gasteiger partial charge in [-0.2, -0.15) is 0 Å². The number of amides is 1. The minimum Gasteiger partial charge on any atom is -0.484 e. The molecule has 0 aliphatic heterocycles. The van der Waals surface area contributed by atoms with Gasteiger partial charge in [-0.05, 0) is 23.6 Å². The molecule has 1 amide bonds. The third-order valence-electron chi connectivity index (χ3n) is 2.77. The Bertz CT molecular complexity index is 511. The number of hydrogen-bond acceptors (Lipinski definition) is 4. The molecule has 116 valence electrons. The molecule has 1 N–H and O–H groups in total. The number of halogens is 1. The van der Waals surface area contributed by atoms with Crippen LogP contribution in [0.1, 0.15) is 20.8 Å². The van der Waals surface area contributed by atoms with Crippen molar-refractivity contribution >= 4 is 23.5 Å². The molecule has 5 nitrogen and oxygen atoms in total. The Kier molecular flexibility index (Phi) is 6.03. The predicted molar refractivity (Wildman–Crippen MR) is 80.3 cm³/mol. The van der Waals surface area contributed by atoms with Gasteiger partial charge in [0.05, 0.1) is 7.11 Å². The quantitative estimate of drug-likeness (QED) is 0.848. The van der Waals surface area contributed by atoms with E-state index in [4.69, 9.17) is 21.1 Å². The van der Waals surface area contributed by atoms with Gasteiger partial charge in [0.15, 0.2) is 6.61 Å². The van der Waals surface area contributed by atoms with Crippen LogP contribution in [0.2, 0.25) is 5.02 Å². The van der Waals surface area contributed by atoms with E-state index in [1.165, 1.54) is 7.11 Å². The van der Waals surface area contributed by atoms with Crippen LogP contribution in [0.15, 0.2) is 24.3 Å². The molecule has 0 radical (unpaired) electrons. The average Bonchev–Trinajstić information content (AvgIpc) is 2.40. The molecule has 1 aromatic rings. The van der Waals surface area contributed by atoms with Crippen molar-refractivity contribution < 1.29 is 19.1 Å². The van der Waals surface area contributed by atoms with Crippen molar-refractivity contribution in [1.82, 2.24) is 5.32 Å². The molecule has 0 aromatic heterocycles. The van der Waals surface area contributed by atoms with E-state index in [1.807, 2.05) is 20.8 Å². The third-order valence-corrected chi connectivity index (χ3v) is 3.01. The molecule has 0 spiro atoms. The summed E-state index contributed by atoms with van der Waals surface area (Å²) in [5.74, 6) is -0.401. The molecule has 1 atom stereocenters. The van der Waals surface area contributed by atoms with Crippen molar-refractivity contribution in [2.45, 2.75) is 26.8 Å². The fraction of sp³-hybridized carbons (Fsp3) is 0.467. The van der Waals surface area contributed by atoms with Crippen molar-refractivity contribution in [3.05, 3.63) is 29.3 Å². The second-order valence-corrected chi connectivity index (χ2v) is 6.07. The highest BCUT2D eigenvalue weighted by Crippen LogP contribution is 2.20. The standard InChI is InChI=1S/C15H20ClNO4/c1-15(2,3)13(14(19)20-4)17-12(18)9-21-11-7-5-6-10(16)8-11/h5-8,13H,9H2,1-4H3,(H,17,18)/t13-/m1/s1. The molecule has 1 aromatic carbocycles. The zero-order valence-corrected chi connectivity index (χ0v) is 13.4. The zero-order valence-electron chi connectivity index (χ0n) is 12.6. The Morgan fingerprint density at radius 2 is 2.00 bits per heavy atom. The van der Waals surface area contributed by atoms with Crippen molar-refractivity contribution in [2.24, 2.45) is 5.41 Å². The van der Waals surface area contributed by atoms with Crippen LogP contribution in [-0.2, 0) is 14.3 Å². The molecule has 1 rings (SSSR count). The Balaban J connectivity index is 2.60. The highest BCUT2D eigenvalue weighted by atomic mass is 35.5. The van der Waals surface area contributed by atoms with E-state index >= 15 is 0 Å². The number of nitrogens with one attached hydrogen (secondary N) is 1. The molecule has 0 saturated heterocycles. The van der Waals surface area contributed by atoms with Crippen LogP contribution in [-0.4, -0.2) is 31.6 Å². The smallest absolute Gasteiger partial charge is 0.328 e. The highest BCUT2D eigenvalue weighted by Gasteiger charge is 2.33. The largest absolute Gasteiger partial charge is 0.484 e. The summed E-state index contributed by atoms with van der Waals surface area (Å²) in [6, 6.07) is 6.00. The van der Waals surface area contributed by atoms with E-state index in [9.17, 15) is 9.59 Å². The van der Waals surface area contributed by atoms with E-state index in [2.05, 4.69) is 5.32 Å². The maximum absolute atomic E-state index is 11.9. The van der Waals surface area contributed by atoms with Gasteiger partial charge < -0.3 is 14.8 Å². The Morgan fingerprint density at radius 1 is 1.33 bits per heavy atom. The summed E-state index contributed by atoms with van der Waals surface area (Å²) in [4.78, 5) is 23.6. The number of ether oxygens (including phenoxy) is 2. The lowest BCUT2D eigenvalue weighted by Gasteiger charge is -2.28. The molecule has 21 heavy (non-hydrogen) atoms. The normalized spacial score (nSPS) is 12.4. The van der Waals surface area contributed by atoms with Crippen molar-refractivity contribution in [3.63, 3.8) is 0 Å². The van der Waals surface area contributed by atoms with E-state index in [-0.39, 0.29) is 6.61 Å². The van der Waals surface area contributed by atoms with Gasteiger partial charge in [-0.25, -0.2) is 4.79 Å². The Morgan fingerprint density at radius 3 is 2.52 bits per heavy atom. The molecule has 0 fully saturated rings. The van der Waals surface area contributed by atoms with E-state index in [1.54, 1.807) is 24.3 Å². The van der Waals surface area contributed by atoms with Crippen LogP contribution in [0.3, 0.4) is 0 Å². The summed E-state index contributed by atoms with van der Waals surface area (Å²) < 4.78 is 10.0. The van der Waals surface area contributed by atoms with Crippen LogP contribution >= 0.6 is 11.6 Å². The molecule has 0 aliphatic rings. The number of carbonyl (C=O) groups excluding carboxylic acids is 2. The van der Waals surface area contributed by atoms with Gasteiger partial charge in [0.1, 0.15) is 11.8 Å². The van der Waals surface area contributed by atoms with Crippen molar-refractivity contribution in [1.29, 1.82) is 0 Å². The summed E-state index contributed by atoms with van der Waals surface area (Å²) in [7, 11) is 1.29. The van der Waals surface area contributed by atoms with Crippen molar-refractivity contribution in [3.8, 4) is 5.75 Å². The number of methoxy groups -OCH3 is 1. The van der Waals surface area contributed by atoms with Gasteiger partial charge in [-0.3, -0.25) is 4.79 Å². The first-order chi connectivity index (χ1) is 9.74. The number of rotatable bonds is 5. The van der Waals surface area contributed by atoms with Gasteiger partial charge >= 0.3 is 5.97 Å². The van der Waals surface area contributed by atoms with Gasteiger partial charge in [-0.1, -0.05) is 38.4 Å². The maximum Gasteiger partial charge on any atom is 0.328 e. The number of hydrogen-bond donors (Lipinski definition) is 1. The van der Waals surface area contributed by atoms with E-state index in [0.717, 1.165) is 0 Å². The van der Waals surface area contributed by atoms with Crippen LogP contribution in [0.5, 0.6) is 5.75 Å². The Hall–Kier alpha value is -1.75. The second-order valence-electron chi connectivity index (χ2n) is 5.64. The van der Waals surface area contributed by atoms with Crippen LogP contribution in [0, 0.1) is 5.41 Å². The number of carbonyl (C=O) groups is 2. The molecule has 0 saturated carbocycles. The van der Waals surface area contributed by atoms with Gasteiger partial charge in [0, 0.05) is 5.02 Å². The number of esters is 1. The highest BCUT2D eigenvalue weighted by molar-refractivity contribution is 6.30. The molecule has 6 heteroatoms. The molecule has 0 unspecified atom stereocenters. The second kappa shape index (κ2) is 7.31. The third kappa shape index (κ3) is 5.63. The average molecular weight is 314 g/mol. The van der Waals surface area contributed by atoms with E-state index < -0.39 is 23.3 Å². The summed E-state index contributed by atoms with van der Waals surface area (Å²) in [5, 5.41) is 3.14. The lowest BCUT2D eigenvalue weighted by atomic mass is 9.86. The van der Waals surface area contributed by atoms with Gasteiger partial charge in [-0.15, -0.1) is 0 Å². The molecule has 0 bridgehead atoms. The molecular weight excluding hydrogens is 294 g/mol. The minimum atomic E-state index is -0.738. The lowest BCUT2D eigenvalue weighted by Crippen LogP contribution is -2.50. The number of benzene rings is 1. The molecule has 0 heterocycles. The minimum absolute atomic E-state index is 0.204. The topological polar surface area (TPSA) is 64.6 Å². The van der Waals surface area contributed by atoms with Gasteiger partial charge in [0.2, 0.25) is 0 Å². The van der Waals surface area contributed by atoms with Crippen LogP contribution in [0.25, 0.3) is 0 Å². The van der Waals surface area contributed by atoms with E-state index in [0.29, 0.717) is 10.8 Å². The zero-order chi connectivity index (χ0) is 16.0. The monoisotopic (exact) mass is 313 g/mol. The lowest BCUT2D eigenvalue weighted by molar-refractivity contribution is -0.148. The first kappa shape index (κ1) is 17.3. The first-order valence-corrected chi connectivity index (χ1v) is 6.87. The summed E-state index contributed by atoms with van der Waals surface area (Å²) in [6.45, 7) is 5.32. The van der Waals surface area contributed by atoms with Crippen LogP contribution < -0.4 is 10.1 Å². The fourth-order valence-electron chi connectivity index (χ4n) is 1.66. The maximum atomic E-state index is 11.9. The summed E-state index contributed by atoms with van der Waals surface area (Å²) in [5.41, 5.74) is -0.460. The molecular formula is C15H20ClNO4. The predicted octanol–water partition coefficient (Wildman–Crippen LogP) is 2.42. The first-order valence-electron chi connectivity index (χ1n) is 6.49. The van der Waals surface area contributed by atoms with Gasteiger partial charge in [0.25, 0.3) is 5.91 Å². The summed E-state index contributed by atoms with van der Waals surface area (Å²) in [6.07, 6.45) is 0. The fourth-order valence-corrected chi connectivity index (χ4v) is 1.84. The SMILES string of the molecule is COC(=O)[C@@H](NC(=O)COc1cccc(Cl)c1)C(C)(C)C.